The lowest BCUT2D eigenvalue weighted by Crippen LogP contribution is -2.62. The van der Waals surface area contributed by atoms with Crippen LogP contribution in [0.2, 0.25) is 0 Å². The summed E-state index contributed by atoms with van der Waals surface area (Å²) in [5, 5.41) is 70.5. The van der Waals surface area contributed by atoms with Gasteiger partial charge in [-0.25, -0.2) is 0 Å². The maximum absolute atomic E-state index is 12.7. The Morgan fingerprint density at radius 3 is 2.38 bits per heavy atom. The monoisotopic (exact) mass is 548 g/mol. The van der Waals surface area contributed by atoms with Crippen LogP contribution in [0.4, 0.5) is 0 Å². The van der Waals surface area contributed by atoms with Gasteiger partial charge in [0.2, 0.25) is 6.29 Å². The van der Waals surface area contributed by atoms with Crippen LogP contribution in [0.15, 0.2) is 57.7 Å². The van der Waals surface area contributed by atoms with Gasteiger partial charge in [-0.15, -0.1) is 0 Å². The molecule has 39 heavy (non-hydrogen) atoms. The standard InChI is InChI=1S/C26H28O13/c27-9-19-20(31)21(32)22(39-25-23(33)26(34,10-28)11-35-25)24(38-19)36-14-5-6-15-16(30)8-17(37-18(15)7-14)12-1-3-13(29)4-2-12/h1-8,19-25,27-29,31-34H,9-11H2/t19-,20-,21+,22-,23+,24+,25+,26-/m1/s1. The van der Waals surface area contributed by atoms with Gasteiger partial charge in [0, 0.05) is 17.7 Å². The summed E-state index contributed by atoms with van der Waals surface area (Å²) in [6.07, 6.45) is -10.7. The van der Waals surface area contributed by atoms with Gasteiger partial charge in [0.25, 0.3) is 0 Å². The quantitative estimate of drug-likeness (QED) is 0.185. The zero-order chi connectivity index (χ0) is 27.9. The molecule has 8 atom stereocenters. The molecule has 0 radical (unpaired) electrons. The molecule has 5 rings (SSSR count). The zero-order valence-corrected chi connectivity index (χ0v) is 20.4. The van der Waals surface area contributed by atoms with Crippen molar-refractivity contribution in [1.29, 1.82) is 0 Å². The summed E-state index contributed by atoms with van der Waals surface area (Å²) in [7, 11) is 0. The molecular weight excluding hydrogens is 520 g/mol. The fourth-order valence-corrected chi connectivity index (χ4v) is 4.47. The first kappa shape index (κ1) is 27.5. The second-order valence-corrected chi connectivity index (χ2v) is 9.49. The minimum absolute atomic E-state index is 0.0480. The Morgan fingerprint density at radius 1 is 0.974 bits per heavy atom. The van der Waals surface area contributed by atoms with E-state index in [1.165, 1.54) is 36.4 Å². The topological polar surface area (TPSA) is 209 Å². The molecule has 0 spiro atoms. The van der Waals surface area contributed by atoms with Crippen molar-refractivity contribution in [1.82, 2.24) is 0 Å². The third-order valence-electron chi connectivity index (χ3n) is 6.80. The number of benzene rings is 2. The number of phenolic OH excluding ortho intramolecular Hbond substituents is 1. The van der Waals surface area contributed by atoms with Crippen molar-refractivity contribution in [2.75, 3.05) is 19.8 Å². The van der Waals surface area contributed by atoms with Crippen LogP contribution in [-0.4, -0.2) is 104 Å². The van der Waals surface area contributed by atoms with E-state index in [-0.39, 0.29) is 33.7 Å². The molecule has 2 aliphatic heterocycles. The fraction of sp³-hybridized carbons (Fsp3) is 0.423. The van der Waals surface area contributed by atoms with Gasteiger partial charge in [0.1, 0.15) is 52.9 Å². The maximum atomic E-state index is 12.7. The molecule has 13 heteroatoms. The van der Waals surface area contributed by atoms with Crippen molar-refractivity contribution >= 4 is 11.0 Å². The zero-order valence-electron chi connectivity index (χ0n) is 20.4. The van der Waals surface area contributed by atoms with Crippen LogP contribution in [0.5, 0.6) is 11.5 Å². The Balaban J connectivity index is 1.44. The first-order valence-electron chi connectivity index (χ1n) is 12.1. The summed E-state index contributed by atoms with van der Waals surface area (Å²) in [6.45, 7) is -1.94. The number of aliphatic hydroxyl groups excluding tert-OH is 5. The lowest BCUT2D eigenvalue weighted by molar-refractivity contribution is -0.318. The summed E-state index contributed by atoms with van der Waals surface area (Å²) in [5.41, 5.74) is -1.64. The van der Waals surface area contributed by atoms with Crippen molar-refractivity contribution in [3.8, 4) is 22.8 Å². The molecule has 2 aliphatic rings. The summed E-state index contributed by atoms with van der Waals surface area (Å²) in [4.78, 5) is 12.7. The van der Waals surface area contributed by atoms with Crippen LogP contribution in [0.3, 0.4) is 0 Å². The van der Waals surface area contributed by atoms with E-state index in [4.69, 9.17) is 23.4 Å². The largest absolute Gasteiger partial charge is 0.508 e. The highest BCUT2D eigenvalue weighted by atomic mass is 16.8. The molecule has 0 saturated carbocycles. The second kappa shape index (κ2) is 10.8. The molecule has 2 fully saturated rings. The van der Waals surface area contributed by atoms with E-state index in [1.54, 1.807) is 12.1 Å². The summed E-state index contributed by atoms with van der Waals surface area (Å²) in [5.74, 6) is 0.390. The molecule has 0 unspecified atom stereocenters. The Bertz CT molecular complexity index is 1360. The van der Waals surface area contributed by atoms with E-state index in [1.807, 2.05) is 0 Å². The van der Waals surface area contributed by atoms with Crippen LogP contribution < -0.4 is 10.2 Å². The van der Waals surface area contributed by atoms with E-state index < -0.39 is 68.5 Å². The summed E-state index contributed by atoms with van der Waals surface area (Å²) < 4.78 is 28.3. The van der Waals surface area contributed by atoms with E-state index in [2.05, 4.69) is 0 Å². The van der Waals surface area contributed by atoms with Gasteiger partial charge in [-0.2, -0.15) is 0 Å². The Kier molecular flexibility index (Phi) is 7.61. The number of aromatic hydroxyl groups is 1. The summed E-state index contributed by atoms with van der Waals surface area (Å²) >= 11 is 0. The predicted molar refractivity (Wildman–Crippen MR) is 131 cm³/mol. The van der Waals surface area contributed by atoms with Gasteiger partial charge in [-0.1, -0.05) is 0 Å². The number of fused-ring (bicyclic) bond motifs is 1. The number of ether oxygens (including phenoxy) is 4. The van der Waals surface area contributed by atoms with Crippen LogP contribution in [0.25, 0.3) is 22.3 Å². The van der Waals surface area contributed by atoms with Crippen LogP contribution >= 0.6 is 0 Å². The number of rotatable bonds is 7. The lowest BCUT2D eigenvalue weighted by Gasteiger charge is -2.42. The fourth-order valence-electron chi connectivity index (χ4n) is 4.47. The molecule has 0 aliphatic carbocycles. The molecule has 13 nitrogen and oxygen atoms in total. The smallest absolute Gasteiger partial charge is 0.229 e. The molecule has 2 aromatic carbocycles. The molecule has 3 aromatic rings. The van der Waals surface area contributed by atoms with Gasteiger partial charge in [0.05, 0.1) is 25.2 Å². The van der Waals surface area contributed by atoms with E-state index in [0.717, 1.165) is 0 Å². The Morgan fingerprint density at radius 2 is 1.72 bits per heavy atom. The van der Waals surface area contributed by atoms with Crippen molar-refractivity contribution in [2.45, 2.75) is 48.7 Å². The third kappa shape index (κ3) is 5.24. The Hall–Kier alpha value is -3.11. The second-order valence-electron chi connectivity index (χ2n) is 9.49. The number of hydrogen-bond donors (Lipinski definition) is 7. The molecule has 0 amide bonds. The molecule has 7 N–H and O–H groups in total. The van der Waals surface area contributed by atoms with E-state index in [9.17, 15) is 40.5 Å². The van der Waals surface area contributed by atoms with Gasteiger partial charge < -0.3 is 59.1 Å². The first-order chi connectivity index (χ1) is 18.6. The van der Waals surface area contributed by atoms with Gasteiger partial charge in [-0.05, 0) is 36.4 Å². The van der Waals surface area contributed by atoms with Crippen molar-refractivity contribution in [3.05, 3.63) is 58.8 Å². The maximum Gasteiger partial charge on any atom is 0.229 e. The molecule has 1 aromatic heterocycles. The summed E-state index contributed by atoms with van der Waals surface area (Å²) in [6, 6.07) is 11.7. The minimum Gasteiger partial charge on any atom is -0.508 e. The number of hydrogen-bond acceptors (Lipinski definition) is 13. The van der Waals surface area contributed by atoms with E-state index in [0.29, 0.717) is 5.56 Å². The number of aliphatic hydroxyl groups is 6. The third-order valence-corrected chi connectivity index (χ3v) is 6.80. The highest BCUT2D eigenvalue weighted by Crippen LogP contribution is 2.33. The SMILES string of the molecule is O=c1cc(-c2ccc(O)cc2)oc2cc(O[C@H]3O[C@H](CO)[C@@H](O)[C@H](O)[C@H]3O[C@@H]3OC[C@](O)(CO)[C@H]3O)ccc12. The van der Waals surface area contributed by atoms with Gasteiger partial charge in [-0.3, -0.25) is 4.79 Å². The number of phenols is 1. The Labute approximate surface area is 220 Å². The normalized spacial score (nSPS) is 32.9. The molecule has 3 heterocycles. The van der Waals surface area contributed by atoms with Crippen LogP contribution in [-0.2, 0) is 14.2 Å². The minimum atomic E-state index is -2.00. The van der Waals surface area contributed by atoms with Crippen LogP contribution in [0.1, 0.15) is 0 Å². The highest BCUT2D eigenvalue weighted by molar-refractivity contribution is 5.80. The van der Waals surface area contributed by atoms with Crippen molar-refractivity contribution in [3.63, 3.8) is 0 Å². The van der Waals surface area contributed by atoms with Crippen molar-refractivity contribution in [2.24, 2.45) is 0 Å². The van der Waals surface area contributed by atoms with Gasteiger partial charge >= 0.3 is 0 Å². The molecular formula is C26H28O13. The first-order valence-corrected chi connectivity index (χ1v) is 12.1. The predicted octanol–water partition coefficient (Wildman–Crippen LogP) is -1.19. The van der Waals surface area contributed by atoms with Gasteiger partial charge in [0.15, 0.2) is 17.8 Å². The average molecular weight is 548 g/mol. The molecule has 2 saturated heterocycles. The van der Waals surface area contributed by atoms with Crippen LogP contribution in [0, 0.1) is 0 Å². The van der Waals surface area contributed by atoms with E-state index >= 15 is 0 Å². The molecule has 210 valence electrons. The lowest BCUT2D eigenvalue weighted by atomic mass is 9.98. The average Bonchev–Trinajstić information content (AvgIpc) is 3.22. The van der Waals surface area contributed by atoms with Crippen molar-refractivity contribution < 1.29 is 59.1 Å². The highest BCUT2D eigenvalue weighted by Gasteiger charge is 2.53. The molecule has 0 bridgehead atoms.